The third-order valence-corrected chi connectivity index (χ3v) is 2.11. The topological polar surface area (TPSA) is 35.5 Å². The Bertz CT molecular complexity index is 187. The van der Waals surface area contributed by atoms with Crippen molar-refractivity contribution in [2.75, 3.05) is 6.61 Å². The molecule has 0 radical (unpaired) electrons. The van der Waals surface area contributed by atoms with Crippen LogP contribution in [0, 0.1) is 0 Å². The molecule has 0 aliphatic carbocycles. The van der Waals surface area contributed by atoms with E-state index in [0.29, 0.717) is 6.42 Å². The predicted octanol–water partition coefficient (Wildman–Crippen LogP) is 2.29. The monoisotopic (exact) mass is 200 g/mol. The van der Waals surface area contributed by atoms with E-state index in [-0.39, 0.29) is 17.7 Å². The maximum absolute atomic E-state index is 11.3. The van der Waals surface area contributed by atoms with E-state index in [1.165, 1.54) is 0 Å². The summed E-state index contributed by atoms with van der Waals surface area (Å²) in [5.41, 5.74) is -0.367. The zero-order valence-corrected chi connectivity index (χ0v) is 9.34. The summed E-state index contributed by atoms with van der Waals surface area (Å²) in [4.78, 5) is 11.3. The average molecular weight is 200 g/mol. The minimum Gasteiger partial charge on any atom is -0.460 e. The van der Waals surface area contributed by atoms with Crippen LogP contribution in [0.2, 0.25) is 0 Å². The highest BCUT2D eigenvalue weighted by molar-refractivity contribution is 5.69. The lowest BCUT2D eigenvalue weighted by Crippen LogP contribution is -2.24. The van der Waals surface area contributed by atoms with Crippen molar-refractivity contribution in [1.29, 1.82) is 0 Å². The average Bonchev–Trinajstić information content (AvgIpc) is 2.49. The first kappa shape index (κ1) is 11.5. The Morgan fingerprint density at radius 1 is 1.50 bits per heavy atom. The van der Waals surface area contributed by atoms with Crippen LogP contribution in [0.4, 0.5) is 0 Å². The van der Waals surface area contributed by atoms with E-state index >= 15 is 0 Å². The zero-order chi connectivity index (χ0) is 10.6. The summed E-state index contributed by atoms with van der Waals surface area (Å²) in [7, 11) is 0. The highest BCUT2D eigenvalue weighted by Gasteiger charge is 2.20. The van der Waals surface area contributed by atoms with Crippen molar-refractivity contribution >= 4 is 5.97 Å². The first-order valence-electron chi connectivity index (χ1n) is 5.31. The van der Waals surface area contributed by atoms with Gasteiger partial charge in [0.05, 0.1) is 6.10 Å². The highest BCUT2D eigenvalue weighted by atomic mass is 16.6. The molecule has 1 heterocycles. The van der Waals surface area contributed by atoms with E-state index < -0.39 is 0 Å². The van der Waals surface area contributed by atoms with Gasteiger partial charge in [-0.05, 0) is 40.0 Å². The fourth-order valence-electron chi connectivity index (χ4n) is 1.54. The lowest BCUT2D eigenvalue weighted by molar-refractivity contribution is -0.155. The maximum atomic E-state index is 11.3. The number of rotatable bonds is 3. The molecule has 82 valence electrons. The van der Waals surface area contributed by atoms with Gasteiger partial charge < -0.3 is 9.47 Å². The smallest absolute Gasteiger partial charge is 0.306 e. The minimum atomic E-state index is -0.367. The second kappa shape index (κ2) is 4.78. The van der Waals surface area contributed by atoms with E-state index in [4.69, 9.17) is 9.47 Å². The van der Waals surface area contributed by atoms with Crippen LogP contribution in [0.3, 0.4) is 0 Å². The minimum absolute atomic E-state index is 0.118. The standard InChI is InChI=1S/C11H20O3/c1-11(2,3)14-10(12)7-6-9-5-4-8-13-9/h9H,4-8H2,1-3H3/t9-/m1/s1. The SMILES string of the molecule is CC(C)(C)OC(=O)CC[C@H]1CCCO1. The summed E-state index contributed by atoms with van der Waals surface area (Å²) in [5, 5.41) is 0. The number of esters is 1. The number of hydrogen-bond acceptors (Lipinski definition) is 3. The second-order valence-corrected chi connectivity index (χ2v) is 4.76. The number of hydrogen-bond donors (Lipinski definition) is 0. The van der Waals surface area contributed by atoms with E-state index in [9.17, 15) is 4.79 Å². The Morgan fingerprint density at radius 3 is 2.71 bits per heavy atom. The van der Waals surface area contributed by atoms with Gasteiger partial charge in [0.2, 0.25) is 0 Å². The molecule has 0 spiro atoms. The molecule has 14 heavy (non-hydrogen) atoms. The fourth-order valence-corrected chi connectivity index (χ4v) is 1.54. The van der Waals surface area contributed by atoms with E-state index in [2.05, 4.69) is 0 Å². The molecular formula is C11H20O3. The first-order valence-corrected chi connectivity index (χ1v) is 5.31. The van der Waals surface area contributed by atoms with Gasteiger partial charge in [0.25, 0.3) is 0 Å². The zero-order valence-electron chi connectivity index (χ0n) is 9.34. The molecule has 1 fully saturated rings. The van der Waals surface area contributed by atoms with Crippen molar-refractivity contribution in [2.45, 2.75) is 58.2 Å². The van der Waals surface area contributed by atoms with Gasteiger partial charge in [0.15, 0.2) is 0 Å². The number of carbonyl (C=O) groups excluding carboxylic acids is 1. The molecule has 1 aliphatic heterocycles. The van der Waals surface area contributed by atoms with Crippen molar-refractivity contribution in [2.24, 2.45) is 0 Å². The third-order valence-electron chi connectivity index (χ3n) is 2.11. The Balaban J connectivity index is 2.14. The van der Waals surface area contributed by atoms with Gasteiger partial charge in [-0.1, -0.05) is 0 Å². The molecule has 3 nitrogen and oxygen atoms in total. The van der Waals surface area contributed by atoms with Gasteiger partial charge in [-0.2, -0.15) is 0 Å². The first-order chi connectivity index (χ1) is 6.47. The van der Waals surface area contributed by atoms with E-state index in [1.807, 2.05) is 20.8 Å². The Labute approximate surface area is 85.8 Å². The lowest BCUT2D eigenvalue weighted by Gasteiger charge is -2.19. The molecule has 0 aromatic rings. The molecule has 0 unspecified atom stereocenters. The molecule has 0 saturated carbocycles. The Hall–Kier alpha value is -0.570. The molecule has 3 heteroatoms. The van der Waals surface area contributed by atoms with Crippen LogP contribution < -0.4 is 0 Å². The molecule has 1 atom stereocenters. The van der Waals surface area contributed by atoms with Crippen molar-refractivity contribution < 1.29 is 14.3 Å². The van der Waals surface area contributed by atoms with Crippen molar-refractivity contribution in [3.63, 3.8) is 0 Å². The normalized spacial score (nSPS) is 22.4. The van der Waals surface area contributed by atoms with Crippen LogP contribution in [0.25, 0.3) is 0 Å². The van der Waals surface area contributed by atoms with Gasteiger partial charge in [-0.15, -0.1) is 0 Å². The summed E-state index contributed by atoms with van der Waals surface area (Å²) in [6.07, 6.45) is 3.76. The summed E-state index contributed by atoms with van der Waals surface area (Å²) >= 11 is 0. The number of carbonyl (C=O) groups is 1. The summed E-state index contributed by atoms with van der Waals surface area (Å²) in [5.74, 6) is -0.118. The molecule has 0 bridgehead atoms. The largest absolute Gasteiger partial charge is 0.460 e. The van der Waals surface area contributed by atoms with Crippen LogP contribution >= 0.6 is 0 Å². The Kier molecular flexibility index (Phi) is 3.93. The molecule has 1 saturated heterocycles. The molecule has 0 amide bonds. The van der Waals surface area contributed by atoms with Gasteiger partial charge in [-0.3, -0.25) is 4.79 Å². The predicted molar refractivity (Wildman–Crippen MR) is 54.1 cm³/mol. The van der Waals surface area contributed by atoms with Gasteiger partial charge in [0, 0.05) is 13.0 Å². The highest BCUT2D eigenvalue weighted by Crippen LogP contribution is 2.18. The van der Waals surface area contributed by atoms with Gasteiger partial charge >= 0.3 is 5.97 Å². The summed E-state index contributed by atoms with van der Waals surface area (Å²) in [6, 6.07) is 0. The fraction of sp³-hybridized carbons (Fsp3) is 0.909. The molecular weight excluding hydrogens is 180 g/mol. The summed E-state index contributed by atoms with van der Waals surface area (Å²) < 4.78 is 10.6. The van der Waals surface area contributed by atoms with Gasteiger partial charge in [0.1, 0.15) is 5.60 Å². The second-order valence-electron chi connectivity index (χ2n) is 4.76. The Morgan fingerprint density at radius 2 is 2.21 bits per heavy atom. The lowest BCUT2D eigenvalue weighted by atomic mass is 10.1. The van der Waals surface area contributed by atoms with Crippen molar-refractivity contribution in [1.82, 2.24) is 0 Å². The molecule has 1 aliphatic rings. The quantitative estimate of drug-likeness (QED) is 0.656. The van der Waals surface area contributed by atoms with Crippen LogP contribution in [0.15, 0.2) is 0 Å². The maximum Gasteiger partial charge on any atom is 0.306 e. The molecule has 1 rings (SSSR count). The van der Waals surface area contributed by atoms with Crippen molar-refractivity contribution in [3.05, 3.63) is 0 Å². The van der Waals surface area contributed by atoms with Crippen LogP contribution in [0.5, 0.6) is 0 Å². The van der Waals surface area contributed by atoms with Crippen LogP contribution in [-0.4, -0.2) is 24.3 Å². The molecule has 0 N–H and O–H groups in total. The number of ether oxygens (including phenoxy) is 2. The van der Waals surface area contributed by atoms with Gasteiger partial charge in [-0.25, -0.2) is 0 Å². The summed E-state index contributed by atoms with van der Waals surface area (Å²) in [6.45, 7) is 6.50. The third kappa shape index (κ3) is 4.61. The van der Waals surface area contributed by atoms with Crippen LogP contribution in [0.1, 0.15) is 46.5 Å². The molecule has 0 aromatic heterocycles. The van der Waals surface area contributed by atoms with Crippen molar-refractivity contribution in [3.8, 4) is 0 Å². The van der Waals surface area contributed by atoms with E-state index in [1.54, 1.807) is 0 Å². The van der Waals surface area contributed by atoms with E-state index in [0.717, 1.165) is 25.9 Å². The van der Waals surface area contributed by atoms with Crippen LogP contribution in [-0.2, 0) is 14.3 Å². The molecule has 0 aromatic carbocycles.